The van der Waals surface area contributed by atoms with Gasteiger partial charge in [-0.05, 0) is 42.5 Å². The van der Waals surface area contributed by atoms with E-state index in [4.69, 9.17) is 11.6 Å². The fraction of sp³-hybridized carbons (Fsp3) is 0.118. The van der Waals surface area contributed by atoms with Gasteiger partial charge in [0.25, 0.3) is 0 Å². The van der Waals surface area contributed by atoms with Crippen LogP contribution >= 0.6 is 11.6 Å². The third-order valence-corrected chi connectivity index (χ3v) is 3.16. The highest BCUT2D eigenvalue weighted by molar-refractivity contribution is 6.32. The summed E-state index contributed by atoms with van der Waals surface area (Å²) in [6.07, 6.45) is 0.743. The van der Waals surface area contributed by atoms with Crippen LogP contribution in [0.15, 0.2) is 42.5 Å². The van der Waals surface area contributed by atoms with E-state index in [1.54, 1.807) is 30.3 Å². The molecule has 0 amide bonds. The Hall–Kier alpha value is -2.33. The molecule has 0 N–H and O–H groups in total. The van der Waals surface area contributed by atoms with Gasteiger partial charge in [0.05, 0.1) is 11.0 Å². The molecular weight excluding hydrogens is 303 g/mol. The highest BCUT2D eigenvalue weighted by Crippen LogP contribution is 2.27. The van der Waals surface area contributed by atoms with Gasteiger partial charge >= 0.3 is 0 Å². The van der Waals surface area contributed by atoms with E-state index in [-0.39, 0.29) is 11.0 Å². The second kappa shape index (κ2) is 7.09. The second-order valence-electron chi connectivity index (χ2n) is 4.24. The molecule has 1 aromatic heterocycles. The highest BCUT2D eigenvalue weighted by Gasteiger charge is 2.10. The van der Waals surface area contributed by atoms with Crippen LogP contribution in [0.5, 0.6) is 0 Å². The molecular formula is C17H14ClFN2O. The zero-order valence-corrected chi connectivity index (χ0v) is 12.9. The molecule has 0 aliphatic heterocycles. The Morgan fingerprint density at radius 3 is 2.32 bits per heavy atom. The first-order chi connectivity index (χ1) is 10.7. The number of rotatable bonds is 2. The predicted molar refractivity (Wildman–Crippen MR) is 86.7 cm³/mol. The molecule has 112 valence electrons. The van der Waals surface area contributed by atoms with Gasteiger partial charge in [-0.1, -0.05) is 25.4 Å². The van der Waals surface area contributed by atoms with Crippen molar-refractivity contribution in [2.45, 2.75) is 13.8 Å². The van der Waals surface area contributed by atoms with Crippen molar-refractivity contribution in [3.05, 3.63) is 59.0 Å². The van der Waals surface area contributed by atoms with Crippen molar-refractivity contribution in [2.75, 3.05) is 0 Å². The van der Waals surface area contributed by atoms with Gasteiger partial charge in [0.1, 0.15) is 17.8 Å². The van der Waals surface area contributed by atoms with E-state index in [1.165, 1.54) is 12.1 Å². The number of halogens is 2. The molecule has 3 nitrogen and oxygen atoms in total. The zero-order valence-electron chi connectivity index (χ0n) is 12.2. The van der Waals surface area contributed by atoms with E-state index >= 15 is 0 Å². The summed E-state index contributed by atoms with van der Waals surface area (Å²) in [5.74, 6) is -0.332. The highest BCUT2D eigenvalue weighted by atomic mass is 35.5. The molecule has 0 aliphatic rings. The molecule has 3 aromatic rings. The minimum atomic E-state index is -0.332. The van der Waals surface area contributed by atoms with E-state index in [1.807, 2.05) is 13.8 Å². The number of fused-ring (bicyclic) bond motifs is 1. The predicted octanol–water partition coefficient (Wildman–Crippen LogP) is 4.93. The summed E-state index contributed by atoms with van der Waals surface area (Å²) in [6, 6.07) is 10.8. The number of benzene rings is 2. The van der Waals surface area contributed by atoms with Crippen LogP contribution in [0.3, 0.4) is 0 Å². The Labute approximate surface area is 132 Å². The maximum Gasteiger partial charge on any atom is 0.156 e. The van der Waals surface area contributed by atoms with Gasteiger partial charge in [-0.15, -0.1) is 0 Å². The van der Waals surface area contributed by atoms with E-state index in [0.717, 1.165) is 6.29 Å². The maximum atomic E-state index is 12.9. The van der Waals surface area contributed by atoms with Crippen LogP contribution < -0.4 is 0 Å². The normalized spacial score (nSPS) is 10.0. The lowest BCUT2D eigenvalue weighted by atomic mass is 10.1. The lowest BCUT2D eigenvalue weighted by molar-refractivity contribution is 0.112. The number of aromatic nitrogens is 2. The van der Waals surface area contributed by atoms with Gasteiger partial charge in [-0.25, -0.2) is 14.4 Å². The Morgan fingerprint density at radius 2 is 1.68 bits per heavy atom. The molecule has 0 spiro atoms. The van der Waals surface area contributed by atoms with Crippen LogP contribution in [0.2, 0.25) is 5.15 Å². The molecule has 0 unspecified atom stereocenters. The summed E-state index contributed by atoms with van der Waals surface area (Å²) >= 11 is 6.11. The molecule has 2 aromatic carbocycles. The standard InChI is InChI=1S/C15H8ClFN2O.C2H6/c16-15-14(10-2-4-11(17)5-3-10)18-13-7-9(8-20)1-6-12(13)19-15;1-2/h1-8H;1-2H3. The smallest absolute Gasteiger partial charge is 0.156 e. The lowest BCUT2D eigenvalue weighted by Gasteiger charge is -2.05. The number of aldehydes is 1. The van der Waals surface area contributed by atoms with Gasteiger partial charge in [0, 0.05) is 11.1 Å². The van der Waals surface area contributed by atoms with Gasteiger partial charge in [-0.3, -0.25) is 4.79 Å². The number of hydrogen-bond acceptors (Lipinski definition) is 3. The van der Waals surface area contributed by atoms with Crippen LogP contribution in [-0.2, 0) is 0 Å². The third-order valence-electron chi connectivity index (χ3n) is 2.90. The monoisotopic (exact) mass is 316 g/mol. The summed E-state index contributed by atoms with van der Waals surface area (Å²) in [6.45, 7) is 4.00. The van der Waals surface area contributed by atoms with Crippen molar-refractivity contribution in [3.63, 3.8) is 0 Å². The molecule has 22 heavy (non-hydrogen) atoms. The van der Waals surface area contributed by atoms with Crippen molar-refractivity contribution < 1.29 is 9.18 Å². The van der Waals surface area contributed by atoms with Gasteiger partial charge in [-0.2, -0.15) is 0 Å². The van der Waals surface area contributed by atoms with Crippen molar-refractivity contribution in [2.24, 2.45) is 0 Å². The van der Waals surface area contributed by atoms with Gasteiger partial charge in [0.15, 0.2) is 5.15 Å². The molecule has 0 bridgehead atoms. The average molecular weight is 317 g/mol. The Bertz CT molecular complexity index is 804. The first-order valence-electron chi connectivity index (χ1n) is 6.86. The van der Waals surface area contributed by atoms with Crippen LogP contribution in [0.4, 0.5) is 4.39 Å². The molecule has 0 saturated carbocycles. The van der Waals surface area contributed by atoms with E-state index < -0.39 is 0 Å². The molecule has 1 heterocycles. The van der Waals surface area contributed by atoms with Gasteiger partial charge in [0.2, 0.25) is 0 Å². The molecule has 0 saturated heterocycles. The molecule has 0 radical (unpaired) electrons. The van der Waals surface area contributed by atoms with Gasteiger partial charge < -0.3 is 0 Å². The SMILES string of the molecule is CC.O=Cc1ccc2nc(Cl)c(-c3ccc(F)cc3)nc2c1. The molecule has 0 aliphatic carbocycles. The maximum absolute atomic E-state index is 12.9. The fourth-order valence-electron chi connectivity index (χ4n) is 1.91. The van der Waals surface area contributed by atoms with E-state index in [0.29, 0.717) is 27.9 Å². The summed E-state index contributed by atoms with van der Waals surface area (Å²) in [5.41, 5.74) is 2.81. The minimum Gasteiger partial charge on any atom is -0.298 e. The quantitative estimate of drug-likeness (QED) is 0.630. The average Bonchev–Trinajstić information content (AvgIpc) is 2.56. The van der Waals surface area contributed by atoms with Crippen molar-refractivity contribution >= 4 is 28.9 Å². The number of hydrogen-bond donors (Lipinski definition) is 0. The van der Waals surface area contributed by atoms with Crippen molar-refractivity contribution in [1.29, 1.82) is 0 Å². The Balaban J connectivity index is 0.000000847. The third kappa shape index (κ3) is 3.28. The second-order valence-corrected chi connectivity index (χ2v) is 4.59. The molecule has 0 fully saturated rings. The Kier molecular flexibility index (Phi) is 5.17. The number of carbonyl (C=O) groups excluding carboxylic acids is 1. The topological polar surface area (TPSA) is 42.9 Å². The van der Waals surface area contributed by atoms with Crippen LogP contribution in [0.25, 0.3) is 22.3 Å². The lowest BCUT2D eigenvalue weighted by Crippen LogP contribution is -1.92. The summed E-state index contributed by atoms with van der Waals surface area (Å²) in [7, 11) is 0. The Morgan fingerprint density at radius 1 is 1.00 bits per heavy atom. The van der Waals surface area contributed by atoms with Crippen LogP contribution in [-0.4, -0.2) is 16.3 Å². The molecule has 0 atom stereocenters. The number of carbonyl (C=O) groups is 1. The largest absolute Gasteiger partial charge is 0.298 e. The molecule has 3 rings (SSSR count). The molecule has 5 heteroatoms. The van der Waals surface area contributed by atoms with E-state index in [2.05, 4.69) is 9.97 Å². The number of nitrogens with zero attached hydrogens (tertiary/aromatic N) is 2. The zero-order chi connectivity index (χ0) is 16.1. The summed E-state index contributed by atoms with van der Waals surface area (Å²) < 4.78 is 12.9. The minimum absolute atomic E-state index is 0.239. The first-order valence-corrected chi connectivity index (χ1v) is 7.23. The van der Waals surface area contributed by atoms with Crippen LogP contribution in [0, 0.1) is 5.82 Å². The summed E-state index contributed by atoms with van der Waals surface area (Å²) in [4.78, 5) is 19.4. The van der Waals surface area contributed by atoms with Crippen molar-refractivity contribution in [1.82, 2.24) is 9.97 Å². The van der Waals surface area contributed by atoms with Crippen molar-refractivity contribution in [3.8, 4) is 11.3 Å². The summed E-state index contributed by atoms with van der Waals surface area (Å²) in [5, 5.41) is 0.239. The van der Waals surface area contributed by atoms with E-state index in [9.17, 15) is 9.18 Å². The fourth-order valence-corrected chi connectivity index (χ4v) is 2.16. The van der Waals surface area contributed by atoms with Crippen LogP contribution in [0.1, 0.15) is 24.2 Å². The first kappa shape index (κ1) is 16.0.